The van der Waals surface area contributed by atoms with Gasteiger partial charge in [0.05, 0.1) is 5.56 Å². The molecule has 0 bridgehead atoms. The van der Waals surface area contributed by atoms with E-state index in [1.54, 1.807) is 5.38 Å². The minimum atomic E-state index is -4.81. The number of carbonyl (C=O) groups excluding carboxylic acids is 1. The third-order valence-corrected chi connectivity index (χ3v) is 3.00. The Balaban J connectivity index is 2.45. The molecule has 0 atom stereocenters. The van der Waals surface area contributed by atoms with E-state index >= 15 is 0 Å². The van der Waals surface area contributed by atoms with E-state index < -0.39 is 23.3 Å². The topological polar surface area (TPSA) is 17.1 Å². The number of thiophene rings is 1. The highest BCUT2D eigenvalue weighted by molar-refractivity contribution is 7.08. The Labute approximate surface area is 104 Å². The summed E-state index contributed by atoms with van der Waals surface area (Å²) in [5.74, 6) is -1.94. The van der Waals surface area contributed by atoms with Crippen molar-refractivity contribution in [3.05, 3.63) is 57.5 Å². The molecule has 0 saturated heterocycles. The Bertz CT molecular complexity index is 572. The van der Waals surface area contributed by atoms with Crippen LogP contribution in [0.15, 0.2) is 35.0 Å². The van der Waals surface area contributed by atoms with Crippen LogP contribution in [0.5, 0.6) is 0 Å². The second-order valence-electron chi connectivity index (χ2n) is 3.53. The zero-order chi connectivity index (χ0) is 13.3. The van der Waals surface area contributed by atoms with Crippen molar-refractivity contribution in [2.45, 2.75) is 6.18 Å². The fourth-order valence-corrected chi connectivity index (χ4v) is 2.08. The normalized spacial score (nSPS) is 11.6. The van der Waals surface area contributed by atoms with E-state index in [1.807, 2.05) is 0 Å². The van der Waals surface area contributed by atoms with Crippen molar-refractivity contribution < 1.29 is 22.4 Å². The van der Waals surface area contributed by atoms with Crippen molar-refractivity contribution >= 4 is 17.1 Å². The van der Waals surface area contributed by atoms with E-state index in [0.717, 1.165) is 6.07 Å². The molecule has 2 rings (SSSR count). The van der Waals surface area contributed by atoms with Gasteiger partial charge in [-0.05, 0) is 29.6 Å². The minimum absolute atomic E-state index is 0.179. The summed E-state index contributed by atoms with van der Waals surface area (Å²) in [7, 11) is 0. The van der Waals surface area contributed by atoms with E-state index in [2.05, 4.69) is 0 Å². The van der Waals surface area contributed by atoms with Crippen LogP contribution < -0.4 is 0 Å². The molecule has 0 amide bonds. The van der Waals surface area contributed by atoms with Crippen LogP contribution in [0.25, 0.3) is 0 Å². The van der Waals surface area contributed by atoms with E-state index in [9.17, 15) is 22.4 Å². The maximum atomic E-state index is 13.0. The average molecular weight is 274 g/mol. The quantitative estimate of drug-likeness (QED) is 0.594. The van der Waals surface area contributed by atoms with E-state index in [1.165, 1.54) is 22.8 Å². The first-order valence-corrected chi connectivity index (χ1v) is 5.77. The molecule has 0 saturated carbocycles. The molecular formula is C12H6F4OS. The number of alkyl halides is 3. The maximum absolute atomic E-state index is 13.0. The van der Waals surface area contributed by atoms with Gasteiger partial charge >= 0.3 is 6.18 Å². The molecule has 0 aliphatic rings. The van der Waals surface area contributed by atoms with Gasteiger partial charge in [0, 0.05) is 16.5 Å². The smallest absolute Gasteiger partial charge is 0.289 e. The van der Waals surface area contributed by atoms with Crippen LogP contribution in [0.3, 0.4) is 0 Å². The molecular weight excluding hydrogens is 268 g/mol. The monoisotopic (exact) mass is 274 g/mol. The summed E-state index contributed by atoms with van der Waals surface area (Å²) >= 11 is 1.26. The minimum Gasteiger partial charge on any atom is -0.289 e. The predicted molar refractivity (Wildman–Crippen MR) is 59.2 cm³/mol. The van der Waals surface area contributed by atoms with E-state index in [-0.39, 0.29) is 5.56 Å². The number of hydrogen-bond donors (Lipinski definition) is 0. The highest BCUT2D eigenvalue weighted by Crippen LogP contribution is 2.32. The Kier molecular flexibility index (Phi) is 3.21. The van der Waals surface area contributed by atoms with Gasteiger partial charge in [-0.15, -0.1) is 0 Å². The van der Waals surface area contributed by atoms with Gasteiger partial charge in [0.2, 0.25) is 0 Å². The van der Waals surface area contributed by atoms with Gasteiger partial charge in [-0.2, -0.15) is 24.5 Å². The lowest BCUT2D eigenvalue weighted by molar-refractivity contribution is -0.140. The molecule has 1 aromatic heterocycles. The van der Waals surface area contributed by atoms with Gasteiger partial charge in [-0.3, -0.25) is 4.79 Å². The molecule has 0 unspecified atom stereocenters. The zero-order valence-electron chi connectivity index (χ0n) is 8.79. The van der Waals surface area contributed by atoms with Crippen LogP contribution in [0.4, 0.5) is 17.6 Å². The fourth-order valence-electron chi connectivity index (χ4n) is 1.44. The first-order valence-electron chi connectivity index (χ1n) is 4.83. The van der Waals surface area contributed by atoms with Crippen molar-refractivity contribution in [2.24, 2.45) is 0 Å². The van der Waals surface area contributed by atoms with E-state index in [4.69, 9.17) is 0 Å². The SMILES string of the molecule is O=C(c1ccsc1)c1ccc(F)c(C(F)(F)F)c1. The van der Waals surface area contributed by atoms with Crippen molar-refractivity contribution in [2.75, 3.05) is 0 Å². The van der Waals surface area contributed by atoms with Gasteiger partial charge in [-0.25, -0.2) is 4.39 Å². The van der Waals surface area contributed by atoms with Crippen LogP contribution in [0, 0.1) is 5.82 Å². The standard InChI is InChI=1S/C12H6F4OS/c13-10-2-1-7(5-9(10)12(14,15)16)11(17)8-3-4-18-6-8/h1-6H. The summed E-state index contributed by atoms with van der Waals surface area (Å²) in [5, 5.41) is 3.17. The number of rotatable bonds is 2. The highest BCUT2D eigenvalue weighted by Gasteiger charge is 2.34. The summed E-state index contributed by atoms with van der Waals surface area (Å²) in [6.45, 7) is 0. The molecule has 0 aliphatic carbocycles. The van der Waals surface area contributed by atoms with Gasteiger partial charge in [0.15, 0.2) is 5.78 Å². The molecule has 94 valence electrons. The lowest BCUT2D eigenvalue weighted by Gasteiger charge is -2.09. The fraction of sp³-hybridized carbons (Fsp3) is 0.0833. The number of benzene rings is 1. The van der Waals surface area contributed by atoms with Crippen molar-refractivity contribution in [1.82, 2.24) is 0 Å². The molecule has 18 heavy (non-hydrogen) atoms. The van der Waals surface area contributed by atoms with Crippen LogP contribution >= 0.6 is 11.3 Å². The van der Waals surface area contributed by atoms with Crippen LogP contribution in [0.1, 0.15) is 21.5 Å². The molecule has 0 radical (unpaired) electrons. The molecule has 1 nitrogen and oxygen atoms in total. The Morgan fingerprint density at radius 3 is 2.39 bits per heavy atom. The molecule has 2 aromatic rings. The molecule has 0 fully saturated rings. The van der Waals surface area contributed by atoms with Crippen LogP contribution in [0.2, 0.25) is 0 Å². The van der Waals surface area contributed by atoms with Gasteiger partial charge < -0.3 is 0 Å². The third-order valence-electron chi connectivity index (χ3n) is 2.32. The van der Waals surface area contributed by atoms with Gasteiger partial charge in [0.1, 0.15) is 5.82 Å². The lowest BCUT2D eigenvalue weighted by atomic mass is 10.0. The second-order valence-corrected chi connectivity index (χ2v) is 4.31. The Morgan fingerprint density at radius 2 is 1.83 bits per heavy atom. The summed E-state index contributed by atoms with van der Waals surface area (Å²) < 4.78 is 50.5. The Hall–Kier alpha value is -1.69. The summed E-state index contributed by atoms with van der Waals surface area (Å²) in [6, 6.07) is 3.74. The van der Waals surface area contributed by atoms with Gasteiger partial charge in [-0.1, -0.05) is 0 Å². The van der Waals surface area contributed by atoms with Gasteiger partial charge in [0.25, 0.3) is 0 Å². The number of hydrogen-bond acceptors (Lipinski definition) is 2. The number of carbonyl (C=O) groups is 1. The molecule has 1 heterocycles. The number of ketones is 1. The van der Waals surface area contributed by atoms with Crippen LogP contribution in [-0.4, -0.2) is 5.78 Å². The third kappa shape index (κ3) is 2.43. The van der Waals surface area contributed by atoms with E-state index in [0.29, 0.717) is 17.7 Å². The highest BCUT2D eigenvalue weighted by atomic mass is 32.1. The van der Waals surface area contributed by atoms with Crippen LogP contribution in [-0.2, 0) is 6.18 Å². The maximum Gasteiger partial charge on any atom is 0.419 e. The average Bonchev–Trinajstić information content (AvgIpc) is 2.80. The first kappa shape index (κ1) is 12.8. The van der Waals surface area contributed by atoms with Crippen molar-refractivity contribution in [1.29, 1.82) is 0 Å². The molecule has 0 spiro atoms. The molecule has 0 aliphatic heterocycles. The molecule has 1 aromatic carbocycles. The predicted octanol–water partition coefficient (Wildman–Crippen LogP) is 4.14. The Morgan fingerprint density at radius 1 is 1.11 bits per heavy atom. The first-order chi connectivity index (χ1) is 8.39. The summed E-state index contributed by atoms with van der Waals surface area (Å²) in [5.41, 5.74) is -1.31. The van der Waals surface area contributed by atoms with Crippen molar-refractivity contribution in [3.8, 4) is 0 Å². The summed E-state index contributed by atoms with van der Waals surface area (Å²) in [6.07, 6.45) is -4.81. The zero-order valence-corrected chi connectivity index (χ0v) is 9.61. The largest absolute Gasteiger partial charge is 0.419 e. The number of halogens is 4. The summed E-state index contributed by atoms with van der Waals surface area (Å²) in [4.78, 5) is 11.8. The lowest BCUT2D eigenvalue weighted by Crippen LogP contribution is -2.10. The second kappa shape index (κ2) is 4.53. The molecule has 6 heteroatoms. The molecule has 0 N–H and O–H groups in total. The van der Waals surface area contributed by atoms with Crippen molar-refractivity contribution in [3.63, 3.8) is 0 Å².